The fourth-order valence-corrected chi connectivity index (χ4v) is 2.85. The molecule has 2 N–H and O–H groups in total. The molecule has 0 spiro atoms. The smallest absolute Gasteiger partial charge is 0.269 e. The van der Waals surface area contributed by atoms with Crippen molar-refractivity contribution in [2.45, 2.75) is 12.8 Å². The van der Waals surface area contributed by atoms with Crippen LogP contribution in [0.5, 0.6) is 0 Å². The minimum atomic E-state index is -0.148. The van der Waals surface area contributed by atoms with Gasteiger partial charge in [0.15, 0.2) is 0 Å². The zero-order valence-electron chi connectivity index (χ0n) is 11.1. The van der Waals surface area contributed by atoms with Crippen LogP contribution in [-0.4, -0.2) is 30.6 Å². The first kappa shape index (κ1) is 13.5. The number of hydrogen-bond donors (Lipinski definition) is 2. The van der Waals surface area contributed by atoms with Crippen molar-refractivity contribution in [1.29, 1.82) is 0 Å². The van der Waals surface area contributed by atoms with E-state index in [1.807, 2.05) is 24.3 Å². The largest absolute Gasteiger partial charge is 0.381 e. The number of carbonyl (C=O) groups is 1. The van der Waals surface area contributed by atoms with Crippen LogP contribution < -0.4 is 5.32 Å². The van der Waals surface area contributed by atoms with Crippen molar-refractivity contribution in [2.75, 3.05) is 19.8 Å². The van der Waals surface area contributed by atoms with E-state index < -0.39 is 0 Å². The average molecular weight is 293 g/mol. The standard InChI is InChI=1S/C15H17ClN2O2/c16-13-11-3-1-2-4-12(11)18-14(13)15(19)17-7-5-10-6-8-20-9-10/h1-4,10,18H,5-9H2,(H,17,19). The van der Waals surface area contributed by atoms with Gasteiger partial charge in [0, 0.05) is 30.7 Å². The Morgan fingerprint density at radius 2 is 2.30 bits per heavy atom. The van der Waals surface area contributed by atoms with Crippen LogP contribution in [-0.2, 0) is 4.74 Å². The third-order valence-electron chi connectivity index (χ3n) is 3.73. The van der Waals surface area contributed by atoms with Crippen LogP contribution in [0.25, 0.3) is 10.9 Å². The van der Waals surface area contributed by atoms with Crippen LogP contribution in [0.4, 0.5) is 0 Å². The SMILES string of the molecule is O=C(NCCC1CCOC1)c1[nH]c2ccccc2c1Cl. The van der Waals surface area contributed by atoms with Gasteiger partial charge in [-0.1, -0.05) is 29.8 Å². The molecule has 2 heterocycles. The van der Waals surface area contributed by atoms with Crippen molar-refractivity contribution >= 4 is 28.4 Å². The number of aromatic amines is 1. The van der Waals surface area contributed by atoms with Crippen LogP contribution in [0.15, 0.2) is 24.3 Å². The van der Waals surface area contributed by atoms with Crippen molar-refractivity contribution < 1.29 is 9.53 Å². The molecule has 1 aliphatic heterocycles. The highest BCUT2D eigenvalue weighted by Gasteiger charge is 2.18. The van der Waals surface area contributed by atoms with Gasteiger partial charge in [-0.3, -0.25) is 4.79 Å². The highest BCUT2D eigenvalue weighted by Crippen LogP contribution is 2.27. The number of nitrogens with one attached hydrogen (secondary N) is 2. The van der Waals surface area contributed by atoms with Crippen LogP contribution in [0.2, 0.25) is 5.02 Å². The second kappa shape index (κ2) is 5.85. The molecule has 4 nitrogen and oxygen atoms in total. The summed E-state index contributed by atoms with van der Waals surface area (Å²) in [5.41, 5.74) is 1.32. The van der Waals surface area contributed by atoms with E-state index in [0.29, 0.717) is 23.2 Å². The van der Waals surface area contributed by atoms with E-state index in [4.69, 9.17) is 16.3 Å². The van der Waals surface area contributed by atoms with Crippen molar-refractivity contribution in [1.82, 2.24) is 10.3 Å². The minimum Gasteiger partial charge on any atom is -0.381 e. The van der Waals surface area contributed by atoms with Gasteiger partial charge in [0.1, 0.15) is 5.69 Å². The van der Waals surface area contributed by atoms with Gasteiger partial charge in [0.05, 0.1) is 5.02 Å². The molecule has 0 radical (unpaired) electrons. The molecule has 1 saturated heterocycles. The fraction of sp³-hybridized carbons (Fsp3) is 0.400. The van der Waals surface area contributed by atoms with Gasteiger partial charge in [0.25, 0.3) is 5.91 Å². The first-order valence-electron chi connectivity index (χ1n) is 6.88. The summed E-state index contributed by atoms with van der Waals surface area (Å²) < 4.78 is 5.32. The Balaban J connectivity index is 1.64. The number of para-hydroxylation sites is 1. The van der Waals surface area contributed by atoms with Crippen LogP contribution >= 0.6 is 11.6 Å². The highest BCUT2D eigenvalue weighted by atomic mass is 35.5. The average Bonchev–Trinajstić information content (AvgIpc) is 3.08. The van der Waals surface area contributed by atoms with E-state index in [1.54, 1.807) is 0 Å². The second-order valence-corrected chi connectivity index (χ2v) is 5.51. The number of benzene rings is 1. The summed E-state index contributed by atoms with van der Waals surface area (Å²) in [4.78, 5) is 15.2. The summed E-state index contributed by atoms with van der Waals surface area (Å²) in [7, 11) is 0. The molecule has 1 aromatic carbocycles. The van der Waals surface area contributed by atoms with E-state index in [1.165, 1.54) is 0 Å². The maximum Gasteiger partial charge on any atom is 0.269 e. The van der Waals surface area contributed by atoms with Crippen LogP contribution in [0, 0.1) is 5.92 Å². The van der Waals surface area contributed by atoms with E-state index in [-0.39, 0.29) is 5.91 Å². The van der Waals surface area contributed by atoms with Crippen molar-refractivity contribution in [3.63, 3.8) is 0 Å². The van der Waals surface area contributed by atoms with Gasteiger partial charge < -0.3 is 15.0 Å². The number of H-pyrrole nitrogens is 1. The molecule has 0 bridgehead atoms. The molecular weight excluding hydrogens is 276 g/mol. The quantitative estimate of drug-likeness (QED) is 0.910. The number of carbonyl (C=O) groups excluding carboxylic acids is 1. The van der Waals surface area contributed by atoms with Crippen molar-refractivity contribution in [3.05, 3.63) is 35.0 Å². The molecule has 0 aliphatic carbocycles. The summed E-state index contributed by atoms with van der Waals surface area (Å²) in [6, 6.07) is 7.63. The Morgan fingerprint density at radius 3 is 3.05 bits per heavy atom. The molecule has 5 heteroatoms. The summed E-state index contributed by atoms with van der Waals surface area (Å²) in [6.07, 6.45) is 2.03. The maximum absolute atomic E-state index is 12.2. The predicted octanol–water partition coefficient (Wildman–Crippen LogP) is 2.98. The number of aromatic nitrogens is 1. The normalized spacial score (nSPS) is 18.6. The molecule has 2 aromatic rings. The Hall–Kier alpha value is -1.52. The van der Waals surface area contributed by atoms with Gasteiger partial charge in [0.2, 0.25) is 0 Å². The number of rotatable bonds is 4. The molecule has 3 rings (SSSR count). The molecule has 0 saturated carbocycles. The Kier molecular flexibility index (Phi) is 3.94. The van der Waals surface area contributed by atoms with Crippen molar-refractivity contribution in [2.24, 2.45) is 5.92 Å². The van der Waals surface area contributed by atoms with Crippen LogP contribution in [0.3, 0.4) is 0 Å². The van der Waals surface area contributed by atoms with E-state index >= 15 is 0 Å². The number of fused-ring (bicyclic) bond motifs is 1. The van der Waals surface area contributed by atoms with Crippen LogP contribution in [0.1, 0.15) is 23.3 Å². The first-order chi connectivity index (χ1) is 9.75. The monoisotopic (exact) mass is 292 g/mol. The Morgan fingerprint density at radius 1 is 1.45 bits per heavy atom. The zero-order valence-corrected chi connectivity index (χ0v) is 11.9. The Bertz CT molecular complexity index is 617. The molecule has 106 valence electrons. The second-order valence-electron chi connectivity index (χ2n) is 5.13. The molecule has 1 unspecified atom stereocenters. The van der Waals surface area contributed by atoms with Gasteiger partial charge in [-0.15, -0.1) is 0 Å². The van der Waals surface area contributed by atoms with Gasteiger partial charge in [-0.25, -0.2) is 0 Å². The van der Waals surface area contributed by atoms with E-state index in [9.17, 15) is 4.79 Å². The summed E-state index contributed by atoms with van der Waals surface area (Å²) >= 11 is 6.25. The van der Waals surface area contributed by atoms with Crippen molar-refractivity contribution in [3.8, 4) is 0 Å². The number of halogens is 1. The lowest BCUT2D eigenvalue weighted by molar-refractivity contribution is 0.0946. The third kappa shape index (κ3) is 2.67. The molecule has 20 heavy (non-hydrogen) atoms. The molecule has 1 atom stereocenters. The lowest BCUT2D eigenvalue weighted by atomic mass is 10.1. The van der Waals surface area contributed by atoms with Gasteiger partial charge >= 0.3 is 0 Å². The van der Waals surface area contributed by atoms with Gasteiger partial charge in [-0.2, -0.15) is 0 Å². The zero-order chi connectivity index (χ0) is 13.9. The number of ether oxygens (including phenoxy) is 1. The summed E-state index contributed by atoms with van der Waals surface area (Å²) in [5, 5.41) is 4.28. The summed E-state index contributed by atoms with van der Waals surface area (Å²) in [6.45, 7) is 2.30. The third-order valence-corrected chi connectivity index (χ3v) is 4.12. The topological polar surface area (TPSA) is 54.1 Å². The number of hydrogen-bond acceptors (Lipinski definition) is 2. The van der Waals surface area contributed by atoms with Gasteiger partial charge in [-0.05, 0) is 24.8 Å². The highest BCUT2D eigenvalue weighted by molar-refractivity contribution is 6.38. The first-order valence-corrected chi connectivity index (χ1v) is 7.25. The Labute approximate surface area is 122 Å². The maximum atomic E-state index is 12.2. The molecule has 1 aliphatic rings. The lowest BCUT2D eigenvalue weighted by Crippen LogP contribution is -2.26. The van der Waals surface area contributed by atoms with E-state index in [0.717, 1.165) is 37.0 Å². The number of amides is 1. The molecular formula is C15H17ClN2O2. The molecule has 1 amide bonds. The van der Waals surface area contributed by atoms with E-state index in [2.05, 4.69) is 10.3 Å². The lowest BCUT2D eigenvalue weighted by Gasteiger charge is -2.08. The minimum absolute atomic E-state index is 0.148. The summed E-state index contributed by atoms with van der Waals surface area (Å²) in [5.74, 6) is 0.415. The fourth-order valence-electron chi connectivity index (χ4n) is 2.55. The molecule has 1 aromatic heterocycles. The predicted molar refractivity (Wildman–Crippen MR) is 79.2 cm³/mol. The molecule has 1 fully saturated rings.